The fraction of sp³-hybridized carbons (Fsp3) is 0.417. The highest BCUT2D eigenvalue weighted by Crippen LogP contribution is 2.41. The SMILES string of the molecule is COc1cc2[nH]ncc2cc1Nc1ncnc2sc3c(c12)CCC(C(=O)N(C)CCN(C)C)C3. The number of hydrogen-bond donors (Lipinski definition) is 2. The van der Waals surface area contributed by atoms with E-state index in [1.54, 1.807) is 31.0 Å². The first-order chi connectivity index (χ1) is 16.4. The third-order valence-corrected chi connectivity index (χ3v) is 7.63. The van der Waals surface area contributed by atoms with Gasteiger partial charge in [-0.15, -0.1) is 11.3 Å². The topological polar surface area (TPSA) is 99.3 Å². The maximum absolute atomic E-state index is 13.0. The third-order valence-electron chi connectivity index (χ3n) is 6.47. The smallest absolute Gasteiger partial charge is 0.225 e. The van der Waals surface area contributed by atoms with E-state index < -0.39 is 0 Å². The highest BCUT2D eigenvalue weighted by Gasteiger charge is 2.30. The predicted molar refractivity (Wildman–Crippen MR) is 135 cm³/mol. The van der Waals surface area contributed by atoms with Crippen LogP contribution in [-0.2, 0) is 17.6 Å². The molecule has 2 N–H and O–H groups in total. The number of ether oxygens (including phenoxy) is 1. The van der Waals surface area contributed by atoms with Crippen molar-refractivity contribution in [1.29, 1.82) is 0 Å². The maximum atomic E-state index is 13.0. The molecule has 0 fully saturated rings. The molecule has 0 saturated carbocycles. The summed E-state index contributed by atoms with van der Waals surface area (Å²) >= 11 is 1.67. The normalized spacial score (nSPS) is 15.6. The van der Waals surface area contributed by atoms with Crippen molar-refractivity contribution in [1.82, 2.24) is 30.0 Å². The zero-order valence-electron chi connectivity index (χ0n) is 19.9. The summed E-state index contributed by atoms with van der Waals surface area (Å²) in [6.45, 7) is 1.60. The largest absolute Gasteiger partial charge is 0.494 e. The number of carbonyl (C=O) groups excluding carboxylic acids is 1. The number of anilines is 2. The van der Waals surface area contributed by atoms with Crippen LogP contribution in [0.4, 0.5) is 11.5 Å². The van der Waals surface area contributed by atoms with Crippen LogP contribution in [0.3, 0.4) is 0 Å². The van der Waals surface area contributed by atoms with Gasteiger partial charge in [-0.2, -0.15) is 5.10 Å². The van der Waals surface area contributed by atoms with Gasteiger partial charge in [0.15, 0.2) is 0 Å². The first kappa shape index (κ1) is 22.5. The number of H-pyrrole nitrogens is 1. The number of rotatable bonds is 7. The summed E-state index contributed by atoms with van der Waals surface area (Å²) in [5.74, 6) is 1.71. The van der Waals surface area contributed by atoms with Gasteiger partial charge < -0.3 is 19.9 Å². The van der Waals surface area contributed by atoms with Gasteiger partial charge in [0, 0.05) is 42.4 Å². The summed E-state index contributed by atoms with van der Waals surface area (Å²) in [4.78, 5) is 28.3. The lowest BCUT2D eigenvalue weighted by molar-refractivity contribution is -0.134. The van der Waals surface area contributed by atoms with E-state index in [0.29, 0.717) is 5.75 Å². The van der Waals surface area contributed by atoms with Crippen molar-refractivity contribution in [3.63, 3.8) is 0 Å². The predicted octanol–water partition coefficient (Wildman–Crippen LogP) is 3.44. The minimum Gasteiger partial charge on any atom is -0.494 e. The van der Waals surface area contributed by atoms with Gasteiger partial charge in [-0.3, -0.25) is 9.89 Å². The Hall–Kier alpha value is -3.24. The maximum Gasteiger partial charge on any atom is 0.225 e. The molecule has 9 nitrogen and oxygen atoms in total. The molecule has 0 saturated heterocycles. The van der Waals surface area contributed by atoms with E-state index in [0.717, 1.165) is 65.0 Å². The van der Waals surface area contributed by atoms with Gasteiger partial charge in [-0.1, -0.05) is 0 Å². The number of aryl methyl sites for hydroxylation is 1. The Labute approximate surface area is 202 Å². The Kier molecular flexibility index (Phi) is 6.09. The molecule has 5 rings (SSSR count). The number of aromatic amines is 1. The highest BCUT2D eigenvalue weighted by molar-refractivity contribution is 7.19. The van der Waals surface area contributed by atoms with E-state index in [1.165, 1.54) is 10.4 Å². The third kappa shape index (κ3) is 4.19. The molecule has 0 radical (unpaired) electrons. The summed E-state index contributed by atoms with van der Waals surface area (Å²) in [6.07, 6.45) is 5.81. The molecule has 1 atom stereocenters. The van der Waals surface area contributed by atoms with Crippen LogP contribution in [0.5, 0.6) is 5.75 Å². The molecule has 0 spiro atoms. The van der Waals surface area contributed by atoms with Crippen LogP contribution in [0, 0.1) is 5.92 Å². The minimum absolute atomic E-state index is 0.0145. The van der Waals surface area contributed by atoms with E-state index in [1.807, 2.05) is 38.2 Å². The van der Waals surface area contributed by atoms with Crippen LogP contribution in [0.15, 0.2) is 24.7 Å². The molecule has 3 aromatic heterocycles. The monoisotopic (exact) mass is 479 g/mol. The van der Waals surface area contributed by atoms with E-state index in [-0.39, 0.29) is 11.8 Å². The Bertz CT molecular complexity index is 1350. The quantitative estimate of drug-likeness (QED) is 0.419. The summed E-state index contributed by atoms with van der Waals surface area (Å²) in [7, 11) is 7.61. The molecule has 1 aliphatic rings. The second-order valence-electron chi connectivity index (χ2n) is 9.04. The second-order valence-corrected chi connectivity index (χ2v) is 10.1. The number of amides is 1. The van der Waals surface area contributed by atoms with Crippen LogP contribution in [0.25, 0.3) is 21.1 Å². The van der Waals surface area contributed by atoms with Crippen LogP contribution >= 0.6 is 11.3 Å². The lowest BCUT2D eigenvalue weighted by Crippen LogP contribution is -2.39. The van der Waals surface area contributed by atoms with Gasteiger partial charge in [0.05, 0.1) is 29.9 Å². The second kappa shape index (κ2) is 9.19. The molecular weight excluding hydrogens is 450 g/mol. The first-order valence-electron chi connectivity index (χ1n) is 11.4. The number of likely N-dealkylation sites (N-methyl/N-ethyl adjacent to an activating group) is 2. The van der Waals surface area contributed by atoms with Crippen LogP contribution in [0.2, 0.25) is 0 Å². The average molecular weight is 480 g/mol. The van der Waals surface area contributed by atoms with Gasteiger partial charge >= 0.3 is 0 Å². The van der Waals surface area contributed by atoms with Crippen molar-refractivity contribution in [2.24, 2.45) is 5.92 Å². The Balaban J connectivity index is 1.43. The molecule has 0 bridgehead atoms. The van der Waals surface area contributed by atoms with Crippen molar-refractivity contribution in [3.05, 3.63) is 35.1 Å². The number of aromatic nitrogens is 4. The number of thiophene rings is 1. The number of nitrogens with zero attached hydrogens (tertiary/aromatic N) is 5. The molecule has 1 aliphatic carbocycles. The molecule has 1 aromatic carbocycles. The van der Waals surface area contributed by atoms with Gasteiger partial charge in [0.25, 0.3) is 0 Å². The lowest BCUT2D eigenvalue weighted by atomic mass is 9.87. The number of methoxy groups -OCH3 is 1. The van der Waals surface area contributed by atoms with Crippen LogP contribution < -0.4 is 10.1 Å². The number of fused-ring (bicyclic) bond motifs is 4. The molecule has 3 heterocycles. The van der Waals surface area contributed by atoms with E-state index in [9.17, 15) is 4.79 Å². The molecule has 4 aromatic rings. The van der Waals surface area contributed by atoms with E-state index in [2.05, 4.69) is 30.4 Å². The minimum atomic E-state index is 0.0145. The molecule has 0 aliphatic heterocycles. The van der Waals surface area contributed by atoms with Crippen LogP contribution in [-0.4, -0.2) is 77.2 Å². The number of hydrogen-bond acceptors (Lipinski definition) is 8. The lowest BCUT2D eigenvalue weighted by Gasteiger charge is -2.27. The van der Waals surface area contributed by atoms with E-state index in [4.69, 9.17) is 4.74 Å². The van der Waals surface area contributed by atoms with Gasteiger partial charge in [0.2, 0.25) is 5.91 Å². The van der Waals surface area contributed by atoms with E-state index >= 15 is 0 Å². The van der Waals surface area contributed by atoms with Crippen molar-refractivity contribution >= 4 is 49.9 Å². The Morgan fingerprint density at radius 2 is 2.12 bits per heavy atom. The van der Waals surface area contributed by atoms with Crippen molar-refractivity contribution in [2.45, 2.75) is 19.3 Å². The standard InChI is InChI=1S/C24H29N7O2S/c1-30(2)7-8-31(3)24(32)14-5-6-16-20(10-14)34-23-21(16)22(25-13-26-23)28-18-9-15-12-27-29-17(15)11-19(18)33-4/h9,11-14H,5-8,10H2,1-4H3,(H,27,29)(H,25,26,28). The van der Waals surface area contributed by atoms with Crippen LogP contribution in [0.1, 0.15) is 16.9 Å². The fourth-order valence-corrected chi connectivity index (χ4v) is 5.82. The van der Waals surface area contributed by atoms with Gasteiger partial charge in [-0.05, 0) is 45.0 Å². The van der Waals surface area contributed by atoms with Crippen molar-refractivity contribution in [2.75, 3.05) is 46.7 Å². The summed E-state index contributed by atoms with van der Waals surface area (Å²) in [6, 6.07) is 3.93. The van der Waals surface area contributed by atoms with Crippen molar-refractivity contribution in [3.8, 4) is 5.75 Å². The molecule has 1 amide bonds. The zero-order valence-corrected chi connectivity index (χ0v) is 20.7. The van der Waals surface area contributed by atoms with Gasteiger partial charge in [-0.25, -0.2) is 9.97 Å². The Morgan fingerprint density at radius 1 is 1.26 bits per heavy atom. The molecular formula is C24H29N7O2S. The fourth-order valence-electron chi connectivity index (χ4n) is 4.55. The molecule has 10 heteroatoms. The average Bonchev–Trinajstić information content (AvgIpc) is 3.45. The number of carbonyl (C=O) groups is 1. The zero-order chi connectivity index (χ0) is 23.8. The number of nitrogens with one attached hydrogen (secondary N) is 2. The summed E-state index contributed by atoms with van der Waals surface area (Å²) in [5, 5.41) is 12.6. The number of benzene rings is 1. The van der Waals surface area contributed by atoms with Gasteiger partial charge in [0.1, 0.15) is 22.7 Å². The molecule has 34 heavy (non-hydrogen) atoms. The highest BCUT2D eigenvalue weighted by atomic mass is 32.1. The summed E-state index contributed by atoms with van der Waals surface area (Å²) in [5.41, 5.74) is 2.99. The molecule has 1 unspecified atom stereocenters. The van der Waals surface area contributed by atoms with Crippen molar-refractivity contribution < 1.29 is 9.53 Å². The molecule has 178 valence electrons. The summed E-state index contributed by atoms with van der Waals surface area (Å²) < 4.78 is 5.60. The first-order valence-corrected chi connectivity index (χ1v) is 12.2. The Morgan fingerprint density at radius 3 is 2.91 bits per heavy atom.